The molecule has 0 unspecified atom stereocenters. The molecular weight excluding hydrogens is 348 g/mol. The van der Waals surface area contributed by atoms with Crippen molar-refractivity contribution in [3.05, 3.63) is 30.6 Å². The van der Waals surface area contributed by atoms with Crippen LogP contribution >= 0.6 is 11.8 Å². The van der Waals surface area contributed by atoms with Crippen LogP contribution in [0.4, 0.5) is 0 Å². The highest BCUT2D eigenvalue weighted by atomic mass is 32.2. The molecule has 0 aliphatic heterocycles. The molecule has 1 aliphatic rings. The van der Waals surface area contributed by atoms with E-state index in [4.69, 9.17) is 4.74 Å². The Labute approximate surface area is 158 Å². The van der Waals surface area contributed by atoms with Gasteiger partial charge in [0.2, 0.25) is 5.91 Å². The van der Waals surface area contributed by atoms with Gasteiger partial charge in [0.25, 0.3) is 0 Å². The monoisotopic (exact) mass is 374 g/mol. The van der Waals surface area contributed by atoms with E-state index in [0.29, 0.717) is 11.1 Å². The van der Waals surface area contributed by atoms with E-state index in [0.717, 1.165) is 18.0 Å². The van der Waals surface area contributed by atoms with Crippen molar-refractivity contribution >= 4 is 17.7 Å². The highest BCUT2D eigenvalue weighted by Crippen LogP contribution is 2.26. The molecule has 1 saturated carbocycles. The number of nitrogens with zero attached hydrogens (tertiary/aromatic N) is 3. The van der Waals surface area contributed by atoms with Crippen LogP contribution < -0.4 is 10.1 Å². The van der Waals surface area contributed by atoms with Gasteiger partial charge in [-0.15, -0.1) is 10.2 Å². The summed E-state index contributed by atoms with van der Waals surface area (Å²) in [6, 6.07) is 7.69. The molecule has 1 N–H and O–H groups in total. The van der Waals surface area contributed by atoms with E-state index in [9.17, 15) is 4.79 Å². The minimum Gasteiger partial charge on any atom is -0.497 e. The highest BCUT2D eigenvalue weighted by Gasteiger charge is 2.20. The van der Waals surface area contributed by atoms with Crippen molar-refractivity contribution < 1.29 is 9.53 Å². The molecule has 0 radical (unpaired) electrons. The first-order valence-electron chi connectivity index (χ1n) is 9.16. The third kappa shape index (κ3) is 4.78. The van der Waals surface area contributed by atoms with Crippen molar-refractivity contribution in [2.75, 3.05) is 13.7 Å². The van der Waals surface area contributed by atoms with Crippen molar-refractivity contribution in [1.29, 1.82) is 0 Å². The van der Waals surface area contributed by atoms with E-state index < -0.39 is 0 Å². The molecule has 1 aliphatic carbocycles. The van der Waals surface area contributed by atoms with E-state index in [2.05, 4.69) is 15.5 Å². The lowest BCUT2D eigenvalue weighted by Crippen LogP contribution is -2.35. The first-order valence-corrected chi connectivity index (χ1v) is 10.0. The van der Waals surface area contributed by atoms with Crippen LogP contribution in [-0.4, -0.2) is 39.6 Å². The molecule has 7 heteroatoms. The Balaban J connectivity index is 1.59. The second kappa shape index (κ2) is 9.07. The highest BCUT2D eigenvalue weighted by molar-refractivity contribution is 8.00. The molecular formula is C19H26N4O2S. The molecule has 1 aromatic carbocycles. The van der Waals surface area contributed by atoms with E-state index in [1.165, 1.54) is 43.9 Å². The maximum absolute atomic E-state index is 12.5. The summed E-state index contributed by atoms with van der Waals surface area (Å²) in [4.78, 5) is 12.5. The zero-order valence-electron chi connectivity index (χ0n) is 15.4. The molecule has 2 aromatic rings. The van der Waals surface area contributed by atoms with Crippen LogP contribution in [0.25, 0.3) is 5.69 Å². The number of aromatic nitrogens is 3. The van der Waals surface area contributed by atoms with Crippen LogP contribution in [0.3, 0.4) is 0 Å². The predicted molar refractivity (Wildman–Crippen MR) is 103 cm³/mol. The van der Waals surface area contributed by atoms with Gasteiger partial charge in [0.05, 0.1) is 18.0 Å². The summed E-state index contributed by atoms with van der Waals surface area (Å²) in [7, 11) is 1.64. The Morgan fingerprint density at radius 3 is 2.96 bits per heavy atom. The molecule has 0 saturated heterocycles. The fourth-order valence-corrected chi connectivity index (χ4v) is 4.10. The van der Waals surface area contributed by atoms with Gasteiger partial charge in [-0.1, -0.05) is 37.1 Å². The average molecular weight is 375 g/mol. The maximum Gasteiger partial charge on any atom is 0.233 e. The van der Waals surface area contributed by atoms with E-state index in [1.54, 1.807) is 13.4 Å². The Morgan fingerprint density at radius 2 is 2.19 bits per heavy atom. The van der Waals surface area contributed by atoms with E-state index in [1.807, 2.05) is 35.8 Å². The predicted octanol–water partition coefficient (Wildman–Crippen LogP) is 3.45. The minimum absolute atomic E-state index is 0.0563. The lowest BCUT2D eigenvalue weighted by Gasteiger charge is -2.22. The lowest BCUT2D eigenvalue weighted by molar-refractivity contribution is -0.120. The SMILES string of the molecule is COc1cccc(-n2cnnc2S[C@@H](C)C(=O)NCC2CCCCC2)c1. The Kier molecular flexibility index (Phi) is 6.55. The number of rotatable bonds is 7. The van der Waals surface area contributed by atoms with Gasteiger partial charge >= 0.3 is 0 Å². The lowest BCUT2D eigenvalue weighted by atomic mass is 9.89. The Morgan fingerprint density at radius 1 is 1.38 bits per heavy atom. The van der Waals surface area contributed by atoms with Crippen LogP contribution in [0.1, 0.15) is 39.0 Å². The van der Waals surface area contributed by atoms with Crippen molar-refractivity contribution in [2.24, 2.45) is 5.92 Å². The largest absolute Gasteiger partial charge is 0.497 e. The molecule has 6 nitrogen and oxygen atoms in total. The molecule has 1 fully saturated rings. The normalized spacial score (nSPS) is 16.2. The van der Waals surface area contributed by atoms with Crippen LogP contribution in [-0.2, 0) is 4.79 Å². The summed E-state index contributed by atoms with van der Waals surface area (Å²) in [6.45, 7) is 2.69. The van der Waals surface area contributed by atoms with Gasteiger partial charge in [-0.2, -0.15) is 0 Å². The first-order chi connectivity index (χ1) is 12.7. The zero-order chi connectivity index (χ0) is 18.4. The zero-order valence-corrected chi connectivity index (χ0v) is 16.2. The molecule has 0 spiro atoms. The maximum atomic E-state index is 12.5. The average Bonchev–Trinajstić information content (AvgIpc) is 3.15. The summed E-state index contributed by atoms with van der Waals surface area (Å²) in [5, 5.41) is 11.7. The van der Waals surface area contributed by atoms with Crippen molar-refractivity contribution in [3.63, 3.8) is 0 Å². The van der Waals surface area contributed by atoms with Gasteiger partial charge in [0.15, 0.2) is 5.16 Å². The van der Waals surface area contributed by atoms with Crippen molar-refractivity contribution in [1.82, 2.24) is 20.1 Å². The second-order valence-electron chi connectivity index (χ2n) is 6.69. The van der Waals surface area contributed by atoms with Gasteiger partial charge in [-0.05, 0) is 37.8 Å². The number of nitrogens with one attached hydrogen (secondary N) is 1. The molecule has 140 valence electrons. The number of amides is 1. The van der Waals surface area contributed by atoms with Gasteiger partial charge in [-0.25, -0.2) is 0 Å². The standard InChI is InChI=1S/C19H26N4O2S/c1-14(18(24)20-12-15-7-4-3-5-8-15)26-19-22-21-13-23(19)16-9-6-10-17(11-16)25-2/h6,9-11,13-15H,3-5,7-8,12H2,1-2H3,(H,20,24)/t14-/m0/s1. The van der Waals surface area contributed by atoms with Gasteiger partial charge in [-0.3, -0.25) is 9.36 Å². The quantitative estimate of drug-likeness (QED) is 0.752. The summed E-state index contributed by atoms with van der Waals surface area (Å²) in [6.07, 6.45) is 8.02. The number of ether oxygens (including phenoxy) is 1. The van der Waals surface area contributed by atoms with Crippen LogP contribution in [0.15, 0.2) is 35.7 Å². The van der Waals surface area contributed by atoms with Crippen LogP contribution in [0, 0.1) is 5.92 Å². The first kappa shape index (κ1) is 18.8. The molecule has 1 atom stereocenters. The molecule has 3 rings (SSSR count). The summed E-state index contributed by atoms with van der Waals surface area (Å²) in [5.41, 5.74) is 0.909. The topological polar surface area (TPSA) is 69.0 Å². The van der Waals surface area contributed by atoms with E-state index in [-0.39, 0.29) is 11.2 Å². The smallest absolute Gasteiger partial charge is 0.233 e. The Hall–Kier alpha value is -2.02. The molecule has 26 heavy (non-hydrogen) atoms. The third-order valence-corrected chi connectivity index (χ3v) is 5.85. The summed E-state index contributed by atoms with van der Waals surface area (Å²) < 4.78 is 7.15. The van der Waals surface area contributed by atoms with E-state index >= 15 is 0 Å². The van der Waals surface area contributed by atoms with Gasteiger partial charge < -0.3 is 10.1 Å². The van der Waals surface area contributed by atoms with Gasteiger partial charge in [0.1, 0.15) is 12.1 Å². The Bertz CT molecular complexity index is 728. The van der Waals surface area contributed by atoms with Gasteiger partial charge in [0, 0.05) is 12.6 Å². The molecule has 0 bridgehead atoms. The number of thioether (sulfide) groups is 1. The summed E-state index contributed by atoms with van der Waals surface area (Å²) in [5.74, 6) is 1.46. The third-order valence-electron chi connectivity index (χ3n) is 4.79. The second-order valence-corrected chi connectivity index (χ2v) is 8.00. The summed E-state index contributed by atoms with van der Waals surface area (Å²) >= 11 is 1.42. The number of carbonyl (C=O) groups excluding carboxylic acids is 1. The molecule has 1 amide bonds. The molecule has 1 aromatic heterocycles. The number of hydrogen-bond acceptors (Lipinski definition) is 5. The number of hydrogen-bond donors (Lipinski definition) is 1. The van der Waals surface area contributed by atoms with Crippen LogP contribution in [0.2, 0.25) is 0 Å². The number of benzene rings is 1. The minimum atomic E-state index is -0.229. The fraction of sp³-hybridized carbons (Fsp3) is 0.526. The fourth-order valence-electron chi connectivity index (χ4n) is 3.23. The molecule has 1 heterocycles. The van der Waals surface area contributed by atoms with Crippen LogP contribution in [0.5, 0.6) is 5.75 Å². The number of methoxy groups -OCH3 is 1. The van der Waals surface area contributed by atoms with Crippen molar-refractivity contribution in [2.45, 2.75) is 49.4 Å². The van der Waals surface area contributed by atoms with Crippen molar-refractivity contribution in [3.8, 4) is 11.4 Å². The number of carbonyl (C=O) groups is 1.